The highest BCUT2D eigenvalue weighted by atomic mass is 35.5. The molecule has 0 rings (SSSR count). The van der Waals surface area contributed by atoms with Gasteiger partial charge in [-0.05, 0) is 26.3 Å². The van der Waals surface area contributed by atoms with Crippen molar-refractivity contribution in [2.45, 2.75) is 20.8 Å². The highest BCUT2D eigenvalue weighted by Crippen LogP contribution is 2.12. The summed E-state index contributed by atoms with van der Waals surface area (Å²) in [6, 6.07) is 0. The molecule has 0 bridgehead atoms. The summed E-state index contributed by atoms with van der Waals surface area (Å²) in [6.07, 6.45) is 0. The number of rotatable bonds is 3. The van der Waals surface area contributed by atoms with E-state index in [0.717, 1.165) is 17.7 Å². The van der Waals surface area contributed by atoms with Crippen molar-refractivity contribution < 1.29 is 0 Å². The molecule has 0 amide bonds. The predicted octanol–water partition coefficient (Wildman–Crippen LogP) is 2.64. The molecule has 0 saturated carbocycles. The van der Waals surface area contributed by atoms with Gasteiger partial charge in [-0.3, -0.25) is 0 Å². The van der Waals surface area contributed by atoms with Crippen LogP contribution in [0.1, 0.15) is 20.8 Å². The zero-order chi connectivity index (χ0) is 8.15. The molecule has 0 unspecified atom stereocenters. The van der Waals surface area contributed by atoms with Gasteiger partial charge in [-0.15, -0.1) is 0 Å². The second-order valence-corrected chi connectivity index (χ2v) is 2.63. The number of halogens is 1. The third-order valence-electron chi connectivity index (χ3n) is 1.30. The van der Waals surface area contributed by atoms with Crippen LogP contribution in [0, 0.1) is 0 Å². The smallest absolute Gasteiger partial charge is 0.105 e. The van der Waals surface area contributed by atoms with Crippen LogP contribution < -0.4 is 5.32 Å². The maximum absolute atomic E-state index is 5.83. The number of hydrogen-bond acceptors (Lipinski definition) is 1. The Hall–Kier alpha value is -0.430. The van der Waals surface area contributed by atoms with Crippen LogP contribution in [-0.4, -0.2) is 6.54 Å². The highest BCUT2D eigenvalue weighted by Gasteiger charge is 1.96. The van der Waals surface area contributed by atoms with E-state index < -0.39 is 0 Å². The van der Waals surface area contributed by atoms with Gasteiger partial charge in [-0.25, -0.2) is 0 Å². The minimum Gasteiger partial charge on any atom is -0.376 e. The van der Waals surface area contributed by atoms with Crippen LogP contribution in [0.3, 0.4) is 0 Å². The molecule has 0 aliphatic carbocycles. The maximum atomic E-state index is 5.83. The fraction of sp³-hybridized carbons (Fsp3) is 0.500. The minimum absolute atomic E-state index is 0.704. The van der Waals surface area contributed by atoms with Gasteiger partial charge in [0, 0.05) is 6.54 Å². The largest absolute Gasteiger partial charge is 0.376 e. The molecule has 1 nitrogen and oxygen atoms in total. The Morgan fingerprint density at radius 2 is 2.00 bits per heavy atom. The number of allylic oxidation sites excluding steroid dienone is 2. The van der Waals surface area contributed by atoms with E-state index in [1.807, 2.05) is 20.8 Å². The first-order valence-electron chi connectivity index (χ1n) is 3.35. The van der Waals surface area contributed by atoms with E-state index in [4.69, 9.17) is 11.6 Å². The fourth-order valence-corrected chi connectivity index (χ4v) is 0.770. The van der Waals surface area contributed by atoms with Crippen LogP contribution in [0.5, 0.6) is 0 Å². The molecule has 0 atom stereocenters. The van der Waals surface area contributed by atoms with Gasteiger partial charge in [0.2, 0.25) is 0 Å². The number of hydrogen-bond donors (Lipinski definition) is 1. The summed E-state index contributed by atoms with van der Waals surface area (Å²) in [5.41, 5.74) is 2.04. The lowest BCUT2D eigenvalue weighted by Crippen LogP contribution is -2.09. The van der Waals surface area contributed by atoms with Gasteiger partial charge >= 0.3 is 0 Å². The highest BCUT2D eigenvalue weighted by molar-refractivity contribution is 6.29. The zero-order valence-electron chi connectivity index (χ0n) is 6.79. The molecule has 1 N–H and O–H groups in total. The van der Waals surface area contributed by atoms with Crippen molar-refractivity contribution in [3.8, 4) is 0 Å². The van der Waals surface area contributed by atoms with Crippen LogP contribution >= 0.6 is 11.6 Å². The van der Waals surface area contributed by atoms with Crippen LogP contribution in [-0.2, 0) is 0 Å². The maximum Gasteiger partial charge on any atom is 0.105 e. The van der Waals surface area contributed by atoms with Gasteiger partial charge in [-0.2, -0.15) is 0 Å². The van der Waals surface area contributed by atoms with Crippen LogP contribution in [0.2, 0.25) is 0 Å². The lowest BCUT2D eigenvalue weighted by atomic mass is 10.2. The van der Waals surface area contributed by atoms with Crippen molar-refractivity contribution in [3.05, 3.63) is 22.9 Å². The van der Waals surface area contributed by atoms with Crippen LogP contribution in [0.4, 0.5) is 0 Å². The molecule has 58 valence electrons. The Morgan fingerprint density at radius 1 is 1.50 bits per heavy atom. The van der Waals surface area contributed by atoms with Crippen molar-refractivity contribution in [1.29, 1.82) is 0 Å². The summed E-state index contributed by atoms with van der Waals surface area (Å²) < 4.78 is 0. The molecule has 0 aliphatic rings. The first-order valence-corrected chi connectivity index (χ1v) is 3.73. The molecule has 10 heavy (non-hydrogen) atoms. The summed E-state index contributed by atoms with van der Waals surface area (Å²) in [4.78, 5) is 0. The minimum atomic E-state index is 0.704. The molecular weight excluding hydrogens is 146 g/mol. The molecule has 0 heterocycles. The second-order valence-electron chi connectivity index (χ2n) is 2.25. The third kappa shape index (κ3) is 2.92. The average Bonchev–Trinajstić information content (AvgIpc) is 1.87. The van der Waals surface area contributed by atoms with Gasteiger partial charge in [-0.1, -0.05) is 23.8 Å². The van der Waals surface area contributed by atoms with E-state index in [9.17, 15) is 0 Å². The summed E-state index contributed by atoms with van der Waals surface area (Å²) in [5.74, 6) is 0. The Labute approximate surface area is 67.8 Å². The second kappa shape index (κ2) is 4.40. The molecule has 0 aromatic rings. The van der Waals surface area contributed by atoms with E-state index in [0.29, 0.717) is 5.16 Å². The zero-order valence-corrected chi connectivity index (χ0v) is 7.55. The summed E-state index contributed by atoms with van der Waals surface area (Å²) in [5, 5.41) is 3.71. The Kier molecular flexibility index (Phi) is 4.21. The summed E-state index contributed by atoms with van der Waals surface area (Å²) in [6.45, 7) is 10.5. The van der Waals surface area contributed by atoms with Gasteiger partial charge in [0.05, 0.1) is 0 Å². The molecule has 0 saturated heterocycles. The first-order chi connectivity index (χ1) is 4.59. The van der Waals surface area contributed by atoms with E-state index in [1.54, 1.807) is 0 Å². The van der Waals surface area contributed by atoms with E-state index in [1.165, 1.54) is 0 Å². The first kappa shape index (κ1) is 9.57. The molecular formula is C8H14ClN. The van der Waals surface area contributed by atoms with Crippen molar-refractivity contribution >= 4 is 11.6 Å². The molecule has 0 fully saturated rings. The quantitative estimate of drug-likeness (QED) is 0.493. The average molecular weight is 160 g/mol. The fourth-order valence-electron chi connectivity index (χ4n) is 0.475. The predicted molar refractivity (Wildman–Crippen MR) is 47.0 cm³/mol. The van der Waals surface area contributed by atoms with E-state index >= 15 is 0 Å². The monoisotopic (exact) mass is 159 g/mol. The normalized spacial score (nSPS) is 12.4. The Bertz CT molecular complexity index is 159. The van der Waals surface area contributed by atoms with E-state index in [-0.39, 0.29) is 0 Å². The lowest BCUT2D eigenvalue weighted by molar-refractivity contribution is 0.889. The molecule has 0 aliphatic heterocycles. The van der Waals surface area contributed by atoms with Crippen molar-refractivity contribution in [3.63, 3.8) is 0 Å². The van der Waals surface area contributed by atoms with Gasteiger partial charge in [0.25, 0.3) is 0 Å². The lowest BCUT2D eigenvalue weighted by Gasteiger charge is -2.05. The van der Waals surface area contributed by atoms with Crippen LogP contribution in [0.25, 0.3) is 0 Å². The Morgan fingerprint density at radius 3 is 2.30 bits per heavy atom. The van der Waals surface area contributed by atoms with Crippen molar-refractivity contribution in [2.75, 3.05) is 6.54 Å². The van der Waals surface area contributed by atoms with Gasteiger partial charge < -0.3 is 5.32 Å². The molecule has 0 aromatic heterocycles. The SMILES string of the molecule is C=C(C)/C(C)=C(/Cl)NCC. The standard InChI is InChI=1S/C8H14ClN/c1-5-10-8(9)7(4)6(2)3/h10H,2,5H2,1,3-4H3/b8-7-. The van der Waals surface area contributed by atoms with Crippen LogP contribution in [0.15, 0.2) is 22.9 Å². The summed E-state index contributed by atoms with van der Waals surface area (Å²) in [7, 11) is 0. The number of nitrogens with one attached hydrogen (secondary N) is 1. The van der Waals surface area contributed by atoms with Gasteiger partial charge in [0.15, 0.2) is 0 Å². The topological polar surface area (TPSA) is 12.0 Å². The molecule has 2 heteroatoms. The molecule has 0 radical (unpaired) electrons. The van der Waals surface area contributed by atoms with E-state index in [2.05, 4.69) is 11.9 Å². The van der Waals surface area contributed by atoms with Gasteiger partial charge in [0.1, 0.15) is 5.16 Å². The summed E-state index contributed by atoms with van der Waals surface area (Å²) >= 11 is 5.83. The molecule has 0 spiro atoms. The van der Waals surface area contributed by atoms with Crippen molar-refractivity contribution in [1.82, 2.24) is 5.32 Å². The van der Waals surface area contributed by atoms with Crippen molar-refractivity contribution in [2.24, 2.45) is 0 Å². The molecule has 0 aromatic carbocycles. The Balaban J connectivity index is 4.19. The third-order valence-corrected chi connectivity index (χ3v) is 1.72.